The smallest absolute Gasteiger partial charge is 0.0990 e. The molecule has 0 aliphatic heterocycles. The fourth-order valence-electron chi connectivity index (χ4n) is 0.536. The van der Waals surface area contributed by atoms with Gasteiger partial charge in [-0.05, 0) is 0 Å². The maximum atomic E-state index is 8.97. The van der Waals surface area contributed by atoms with Crippen molar-refractivity contribution in [1.29, 1.82) is 0 Å². The summed E-state index contributed by atoms with van der Waals surface area (Å²) in [5.41, 5.74) is 0. The number of aliphatic hydroxyl groups is 2. The summed E-state index contributed by atoms with van der Waals surface area (Å²) in [5, 5.41) is 27.2. The third-order valence-electron chi connectivity index (χ3n) is 1.09. The van der Waals surface area contributed by atoms with Crippen molar-refractivity contribution in [3.63, 3.8) is 0 Å². The maximum absolute atomic E-state index is 8.97. The normalized spacial score (nSPS) is 16.9. The number of aliphatic hydroxyl groups excluding tert-OH is 2. The summed E-state index contributed by atoms with van der Waals surface area (Å²) in [6.45, 7) is 3.29. The molecule has 2 unspecified atom stereocenters. The molecule has 0 fully saturated rings. The van der Waals surface area contributed by atoms with Crippen molar-refractivity contribution in [3.8, 4) is 0 Å². The Labute approximate surface area is 60.0 Å². The van der Waals surface area contributed by atoms with Crippen LogP contribution in [-0.2, 0) is 0 Å². The van der Waals surface area contributed by atoms with Gasteiger partial charge in [-0.2, -0.15) is 5.06 Å². The van der Waals surface area contributed by atoms with Crippen LogP contribution in [0.3, 0.4) is 0 Å². The van der Waals surface area contributed by atoms with Crippen molar-refractivity contribution in [1.82, 2.24) is 5.06 Å². The first-order chi connectivity index (χ1) is 4.57. The second-order valence-electron chi connectivity index (χ2n) is 2.13. The van der Waals surface area contributed by atoms with Crippen molar-refractivity contribution < 1.29 is 15.4 Å². The minimum Gasteiger partial charge on any atom is -0.389 e. The molecule has 4 heteroatoms. The molecular formula is C6H13NO3. The van der Waals surface area contributed by atoms with E-state index in [0.717, 1.165) is 5.06 Å². The Hall–Kier alpha value is -0.420. The predicted octanol–water partition coefficient (Wildman–Crippen LogP) is -0.785. The molecule has 10 heavy (non-hydrogen) atoms. The molecule has 0 spiro atoms. The van der Waals surface area contributed by atoms with Gasteiger partial charge in [-0.15, -0.1) is 6.58 Å². The molecular weight excluding hydrogens is 134 g/mol. The molecule has 4 nitrogen and oxygen atoms in total. The lowest BCUT2D eigenvalue weighted by Gasteiger charge is -2.16. The van der Waals surface area contributed by atoms with Crippen LogP contribution in [0.2, 0.25) is 0 Å². The van der Waals surface area contributed by atoms with Gasteiger partial charge < -0.3 is 15.4 Å². The second kappa shape index (κ2) is 4.40. The fourth-order valence-corrected chi connectivity index (χ4v) is 0.536. The van der Waals surface area contributed by atoms with E-state index in [1.54, 1.807) is 0 Å². The van der Waals surface area contributed by atoms with E-state index in [4.69, 9.17) is 15.4 Å². The highest BCUT2D eigenvalue weighted by Gasteiger charge is 2.13. The fraction of sp³-hybridized carbons (Fsp3) is 0.667. The summed E-state index contributed by atoms with van der Waals surface area (Å²) in [5.74, 6) is 0. The van der Waals surface area contributed by atoms with Gasteiger partial charge in [0, 0.05) is 7.05 Å². The molecule has 0 rings (SSSR count). The molecule has 0 aromatic carbocycles. The summed E-state index contributed by atoms with van der Waals surface area (Å²) in [4.78, 5) is 0. The molecule has 0 bridgehead atoms. The second-order valence-corrected chi connectivity index (χ2v) is 2.13. The van der Waals surface area contributed by atoms with Crippen molar-refractivity contribution in [3.05, 3.63) is 12.7 Å². The molecule has 0 saturated carbocycles. The van der Waals surface area contributed by atoms with E-state index in [-0.39, 0.29) is 6.54 Å². The zero-order valence-corrected chi connectivity index (χ0v) is 5.94. The molecule has 0 aromatic rings. The molecule has 0 saturated heterocycles. The van der Waals surface area contributed by atoms with E-state index < -0.39 is 12.2 Å². The maximum Gasteiger partial charge on any atom is 0.0990 e. The lowest BCUT2D eigenvalue weighted by molar-refractivity contribution is -0.104. The number of likely N-dealkylation sites (N-methyl/N-ethyl adjacent to an activating group) is 1. The van der Waals surface area contributed by atoms with E-state index in [0.29, 0.717) is 0 Å². The molecule has 2 atom stereocenters. The van der Waals surface area contributed by atoms with Gasteiger partial charge in [0.1, 0.15) is 0 Å². The molecule has 0 aliphatic rings. The lowest BCUT2D eigenvalue weighted by Crippen LogP contribution is -2.34. The van der Waals surface area contributed by atoms with Crippen molar-refractivity contribution in [2.24, 2.45) is 0 Å². The first kappa shape index (κ1) is 9.58. The standard InChI is InChI=1S/C6H13NO3/c1-3-5(8)6(9)4-7(2)10/h3,5-6,8-10H,1,4H2,2H3. The monoisotopic (exact) mass is 147 g/mol. The van der Waals surface area contributed by atoms with Gasteiger partial charge in [-0.1, -0.05) is 6.08 Å². The first-order valence-electron chi connectivity index (χ1n) is 2.96. The Bertz CT molecular complexity index is 105. The van der Waals surface area contributed by atoms with Crippen LogP contribution in [0, 0.1) is 0 Å². The zero-order valence-electron chi connectivity index (χ0n) is 5.94. The highest BCUT2D eigenvalue weighted by Crippen LogP contribution is 1.94. The third kappa shape index (κ3) is 3.58. The van der Waals surface area contributed by atoms with E-state index in [2.05, 4.69) is 6.58 Å². The Kier molecular flexibility index (Phi) is 4.22. The SMILES string of the molecule is C=CC(O)C(O)CN(C)O. The molecule has 0 aliphatic carbocycles. The average molecular weight is 147 g/mol. The number of hydrogen-bond acceptors (Lipinski definition) is 4. The van der Waals surface area contributed by atoms with Crippen LogP contribution >= 0.6 is 0 Å². The summed E-state index contributed by atoms with van der Waals surface area (Å²) in [6.07, 6.45) is -0.740. The quantitative estimate of drug-likeness (QED) is 0.360. The van der Waals surface area contributed by atoms with Crippen molar-refractivity contribution >= 4 is 0 Å². The summed E-state index contributed by atoms with van der Waals surface area (Å²) in [6, 6.07) is 0. The predicted molar refractivity (Wildman–Crippen MR) is 36.6 cm³/mol. The topological polar surface area (TPSA) is 63.9 Å². The van der Waals surface area contributed by atoms with Gasteiger partial charge in [-0.25, -0.2) is 0 Å². The van der Waals surface area contributed by atoms with Crippen LogP contribution in [0.1, 0.15) is 0 Å². The van der Waals surface area contributed by atoms with E-state index in [1.807, 2.05) is 0 Å². The van der Waals surface area contributed by atoms with Gasteiger partial charge in [-0.3, -0.25) is 0 Å². The van der Waals surface area contributed by atoms with Gasteiger partial charge in [0.25, 0.3) is 0 Å². The number of nitrogens with zero attached hydrogens (tertiary/aromatic N) is 1. The van der Waals surface area contributed by atoms with Gasteiger partial charge in [0.05, 0.1) is 18.8 Å². The largest absolute Gasteiger partial charge is 0.389 e. The average Bonchev–Trinajstić information content (AvgIpc) is 1.85. The van der Waals surface area contributed by atoms with Crippen molar-refractivity contribution in [2.45, 2.75) is 12.2 Å². The van der Waals surface area contributed by atoms with Crippen LogP contribution in [-0.4, -0.2) is 46.3 Å². The number of hydroxylamine groups is 2. The molecule has 3 N–H and O–H groups in total. The van der Waals surface area contributed by atoms with Crippen LogP contribution in [0.4, 0.5) is 0 Å². The molecule has 60 valence electrons. The van der Waals surface area contributed by atoms with Crippen LogP contribution in [0.15, 0.2) is 12.7 Å². The highest BCUT2D eigenvalue weighted by atomic mass is 16.5. The molecule has 0 heterocycles. The van der Waals surface area contributed by atoms with Gasteiger partial charge in [0.15, 0.2) is 0 Å². The Morgan fingerprint density at radius 1 is 1.60 bits per heavy atom. The van der Waals surface area contributed by atoms with Crippen LogP contribution in [0.25, 0.3) is 0 Å². The van der Waals surface area contributed by atoms with Gasteiger partial charge in [0.2, 0.25) is 0 Å². The molecule has 0 aromatic heterocycles. The van der Waals surface area contributed by atoms with Crippen molar-refractivity contribution in [2.75, 3.05) is 13.6 Å². The Balaban J connectivity index is 3.60. The van der Waals surface area contributed by atoms with E-state index in [9.17, 15) is 0 Å². The number of rotatable bonds is 4. The summed E-state index contributed by atoms with van der Waals surface area (Å²) < 4.78 is 0. The first-order valence-corrected chi connectivity index (χ1v) is 2.96. The number of hydrogen-bond donors (Lipinski definition) is 3. The Morgan fingerprint density at radius 2 is 2.10 bits per heavy atom. The van der Waals surface area contributed by atoms with E-state index in [1.165, 1.54) is 13.1 Å². The lowest BCUT2D eigenvalue weighted by atomic mass is 10.2. The third-order valence-corrected chi connectivity index (χ3v) is 1.09. The zero-order chi connectivity index (χ0) is 8.15. The van der Waals surface area contributed by atoms with Crippen LogP contribution < -0.4 is 0 Å². The molecule has 0 amide bonds. The minimum atomic E-state index is -0.979. The van der Waals surface area contributed by atoms with Gasteiger partial charge >= 0.3 is 0 Å². The highest BCUT2D eigenvalue weighted by molar-refractivity contribution is 4.84. The van der Waals surface area contributed by atoms with E-state index >= 15 is 0 Å². The Morgan fingerprint density at radius 3 is 2.40 bits per heavy atom. The minimum absolute atomic E-state index is 0.00713. The summed E-state index contributed by atoms with van der Waals surface area (Å²) in [7, 11) is 1.39. The summed E-state index contributed by atoms with van der Waals surface area (Å²) >= 11 is 0. The molecule has 0 radical (unpaired) electrons. The van der Waals surface area contributed by atoms with Crippen LogP contribution in [0.5, 0.6) is 0 Å².